The average Bonchev–Trinajstić information content (AvgIpc) is 2.46. The summed E-state index contributed by atoms with van der Waals surface area (Å²) in [6.45, 7) is 0. The lowest BCUT2D eigenvalue weighted by Gasteiger charge is -2.02. The Bertz CT molecular complexity index is 573. The summed E-state index contributed by atoms with van der Waals surface area (Å²) in [4.78, 5) is 22.8. The molecule has 0 spiro atoms. The van der Waals surface area contributed by atoms with Crippen molar-refractivity contribution in [1.29, 1.82) is 0 Å². The first-order valence-electron chi connectivity index (χ1n) is 6.04. The van der Waals surface area contributed by atoms with Crippen molar-refractivity contribution in [2.45, 2.75) is 12.8 Å². The van der Waals surface area contributed by atoms with Crippen molar-refractivity contribution >= 4 is 22.6 Å². The number of carbonyl (C=O) groups excluding carboxylic acids is 2. The minimum atomic E-state index is -0.466. The second-order valence-corrected chi connectivity index (χ2v) is 4.60. The molecular weight excluding hydrogens is 260 g/mol. The largest absolute Gasteiger partial charge is 0.294 e. The second-order valence-electron chi connectivity index (χ2n) is 4.26. The molecule has 2 nitrogen and oxygen atoms in total. The summed E-state index contributed by atoms with van der Waals surface area (Å²) in [6.07, 6.45) is 1.11. The molecule has 2 rings (SSSR count). The van der Waals surface area contributed by atoms with Gasteiger partial charge in [0.1, 0.15) is 0 Å². The van der Waals surface area contributed by atoms with Crippen LogP contribution >= 0.6 is 11.6 Å². The molecule has 0 bridgehead atoms. The quantitative estimate of drug-likeness (QED) is 0.611. The molecule has 0 saturated carbocycles. The Morgan fingerprint density at radius 3 is 2.05 bits per heavy atom. The minimum absolute atomic E-state index is 0.123. The maximum atomic E-state index is 11.9. The zero-order valence-corrected chi connectivity index (χ0v) is 11.1. The third kappa shape index (κ3) is 3.76. The zero-order chi connectivity index (χ0) is 13.7. The van der Waals surface area contributed by atoms with Crippen LogP contribution in [0.5, 0.6) is 0 Å². The van der Waals surface area contributed by atoms with E-state index in [0.717, 1.165) is 11.1 Å². The van der Waals surface area contributed by atoms with Crippen LogP contribution < -0.4 is 0 Å². The predicted molar refractivity (Wildman–Crippen MR) is 75.7 cm³/mol. The van der Waals surface area contributed by atoms with E-state index in [1.54, 1.807) is 12.1 Å². The fraction of sp³-hybridized carbons (Fsp3) is 0.125. The summed E-state index contributed by atoms with van der Waals surface area (Å²) >= 11 is 5.37. The van der Waals surface area contributed by atoms with Gasteiger partial charge in [0.15, 0.2) is 5.78 Å². The summed E-state index contributed by atoms with van der Waals surface area (Å²) in [7, 11) is 0. The highest BCUT2D eigenvalue weighted by atomic mass is 35.5. The molecule has 0 N–H and O–H groups in total. The van der Waals surface area contributed by atoms with E-state index in [1.165, 1.54) is 0 Å². The molecule has 0 amide bonds. The van der Waals surface area contributed by atoms with Crippen LogP contribution in [0.15, 0.2) is 54.6 Å². The van der Waals surface area contributed by atoms with E-state index in [4.69, 9.17) is 11.6 Å². The first-order chi connectivity index (χ1) is 9.16. The maximum Gasteiger partial charge on any atom is 0.252 e. The smallest absolute Gasteiger partial charge is 0.252 e. The molecule has 0 radical (unpaired) electrons. The van der Waals surface area contributed by atoms with Crippen molar-refractivity contribution in [2.24, 2.45) is 0 Å². The van der Waals surface area contributed by atoms with E-state index >= 15 is 0 Å². The Labute approximate surface area is 117 Å². The highest BCUT2D eigenvalue weighted by molar-refractivity contribution is 6.67. The Kier molecular flexibility index (Phi) is 4.48. The summed E-state index contributed by atoms with van der Waals surface area (Å²) in [5, 5.41) is -0.466. The van der Waals surface area contributed by atoms with Crippen LogP contribution in [-0.2, 0) is 6.42 Å². The van der Waals surface area contributed by atoms with Crippen molar-refractivity contribution < 1.29 is 9.59 Å². The molecular formula is C16H13ClO2. The summed E-state index contributed by atoms with van der Waals surface area (Å²) in [5.41, 5.74) is 2.22. The lowest BCUT2D eigenvalue weighted by Crippen LogP contribution is -2.01. The highest BCUT2D eigenvalue weighted by Gasteiger charge is 2.06. The van der Waals surface area contributed by atoms with Crippen LogP contribution in [0, 0.1) is 0 Å². The second kappa shape index (κ2) is 6.30. The van der Waals surface area contributed by atoms with Gasteiger partial charge >= 0.3 is 0 Å². The Morgan fingerprint density at radius 2 is 1.47 bits per heavy atom. The van der Waals surface area contributed by atoms with E-state index < -0.39 is 5.24 Å². The van der Waals surface area contributed by atoms with Gasteiger partial charge in [0.05, 0.1) is 0 Å². The number of ketones is 1. The van der Waals surface area contributed by atoms with E-state index in [9.17, 15) is 9.59 Å². The zero-order valence-electron chi connectivity index (χ0n) is 10.3. The molecule has 0 saturated heterocycles. The van der Waals surface area contributed by atoms with Crippen molar-refractivity contribution in [1.82, 2.24) is 0 Å². The number of aryl methyl sites for hydroxylation is 1. The van der Waals surface area contributed by atoms with E-state index in [1.807, 2.05) is 42.5 Å². The van der Waals surface area contributed by atoms with Gasteiger partial charge in [-0.15, -0.1) is 0 Å². The van der Waals surface area contributed by atoms with Crippen molar-refractivity contribution in [3.63, 3.8) is 0 Å². The number of rotatable bonds is 5. The topological polar surface area (TPSA) is 34.1 Å². The number of carbonyl (C=O) groups is 2. The lowest BCUT2D eigenvalue weighted by molar-refractivity contribution is 0.0982. The fourth-order valence-corrected chi connectivity index (χ4v) is 1.95. The molecule has 3 heteroatoms. The Hall–Kier alpha value is -1.93. The molecule has 0 aliphatic carbocycles. The van der Waals surface area contributed by atoms with Gasteiger partial charge in [-0.1, -0.05) is 42.5 Å². The fourth-order valence-electron chi connectivity index (χ4n) is 1.83. The summed E-state index contributed by atoms with van der Waals surface area (Å²) in [6, 6.07) is 16.2. The lowest BCUT2D eigenvalue weighted by atomic mass is 10.0. The van der Waals surface area contributed by atoms with Crippen molar-refractivity contribution in [2.75, 3.05) is 0 Å². The molecule has 0 aromatic heterocycles. The monoisotopic (exact) mass is 272 g/mol. The molecule has 19 heavy (non-hydrogen) atoms. The summed E-state index contributed by atoms with van der Waals surface area (Å²) < 4.78 is 0. The molecule has 0 unspecified atom stereocenters. The van der Waals surface area contributed by atoms with Gasteiger partial charge in [0, 0.05) is 17.5 Å². The van der Waals surface area contributed by atoms with Gasteiger partial charge < -0.3 is 0 Å². The first kappa shape index (κ1) is 13.5. The van der Waals surface area contributed by atoms with Gasteiger partial charge in [0.25, 0.3) is 5.24 Å². The van der Waals surface area contributed by atoms with Crippen LogP contribution in [-0.4, -0.2) is 11.0 Å². The van der Waals surface area contributed by atoms with E-state index in [-0.39, 0.29) is 5.78 Å². The van der Waals surface area contributed by atoms with Gasteiger partial charge in [-0.25, -0.2) is 0 Å². The predicted octanol–water partition coefficient (Wildman–Crippen LogP) is 3.88. The normalized spacial score (nSPS) is 10.2. The molecule has 0 heterocycles. The number of halogens is 1. The number of benzene rings is 2. The number of hydrogen-bond acceptors (Lipinski definition) is 2. The average molecular weight is 273 g/mol. The van der Waals surface area contributed by atoms with Crippen molar-refractivity contribution in [3.05, 3.63) is 71.3 Å². The standard InChI is InChI=1S/C16H13ClO2/c17-16(19)14-9-6-12(7-10-14)8-11-15(18)13-4-2-1-3-5-13/h1-7,9-10H,8,11H2. The first-order valence-corrected chi connectivity index (χ1v) is 6.41. The van der Waals surface area contributed by atoms with Gasteiger partial charge in [-0.05, 0) is 35.7 Å². The molecule has 0 atom stereocenters. The van der Waals surface area contributed by atoms with E-state index in [0.29, 0.717) is 18.4 Å². The Morgan fingerprint density at radius 1 is 0.842 bits per heavy atom. The third-order valence-corrected chi connectivity index (χ3v) is 3.14. The molecule has 2 aromatic carbocycles. The maximum absolute atomic E-state index is 11.9. The molecule has 2 aromatic rings. The van der Waals surface area contributed by atoms with Crippen LogP contribution in [0.25, 0.3) is 0 Å². The molecule has 0 aliphatic rings. The molecule has 0 aliphatic heterocycles. The highest BCUT2D eigenvalue weighted by Crippen LogP contribution is 2.11. The van der Waals surface area contributed by atoms with Crippen molar-refractivity contribution in [3.8, 4) is 0 Å². The van der Waals surface area contributed by atoms with Crippen LogP contribution in [0.3, 0.4) is 0 Å². The van der Waals surface area contributed by atoms with Crippen LogP contribution in [0.4, 0.5) is 0 Å². The number of hydrogen-bond donors (Lipinski definition) is 0. The van der Waals surface area contributed by atoms with Gasteiger partial charge in [-0.3, -0.25) is 9.59 Å². The molecule has 0 fully saturated rings. The van der Waals surface area contributed by atoms with Gasteiger partial charge in [0.2, 0.25) is 0 Å². The van der Waals surface area contributed by atoms with Gasteiger partial charge in [-0.2, -0.15) is 0 Å². The van der Waals surface area contributed by atoms with E-state index in [2.05, 4.69) is 0 Å². The Balaban J connectivity index is 1.95. The minimum Gasteiger partial charge on any atom is -0.294 e. The third-order valence-electron chi connectivity index (χ3n) is 2.92. The number of Topliss-reactive ketones (excluding diaryl/α,β-unsaturated/α-hetero) is 1. The SMILES string of the molecule is O=C(Cl)c1ccc(CCC(=O)c2ccccc2)cc1. The summed E-state index contributed by atoms with van der Waals surface area (Å²) in [5.74, 6) is 0.123. The van der Waals surface area contributed by atoms with Crippen LogP contribution in [0.1, 0.15) is 32.7 Å². The molecule has 96 valence electrons. The van der Waals surface area contributed by atoms with Crippen LogP contribution in [0.2, 0.25) is 0 Å².